The lowest BCUT2D eigenvalue weighted by Crippen LogP contribution is -2.52. The summed E-state index contributed by atoms with van der Waals surface area (Å²) in [5.74, 6) is -0.179. The minimum Gasteiger partial charge on any atom is -0.508 e. The van der Waals surface area contributed by atoms with Gasteiger partial charge in [0.2, 0.25) is 0 Å². The van der Waals surface area contributed by atoms with Crippen molar-refractivity contribution in [2.45, 2.75) is 53.0 Å². The van der Waals surface area contributed by atoms with Crippen molar-refractivity contribution in [3.63, 3.8) is 0 Å². The maximum atomic E-state index is 12.7. The van der Waals surface area contributed by atoms with E-state index in [-0.39, 0.29) is 41.2 Å². The number of phenols is 1. The lowest BCUT2D eigenvalue weighted by molar-refractivity contribution is -0.117. The SMILES string of the molecule is CC(C)(C)C(C)(C)NC(=O)c1cccc(CC(=O)Cc2cc(Cl)ccc2O)c1. The van der Waals surface area contributed by atoms with Gasteiger partial charge in [-0.1, -0.05) is 44.5 Å². The zero-order valence-corrected chi connectivity index (χ0v) is 17.9. The van der Waals surface area contributed by atoms with Gasteiger partial charge in [0.1, 0.15) is 11.5 Å². The van der Waals surface area contributed by atoms with Crippen molar-refractivity contribution < 1.29 is 14.7 Å². The normalized spacial score (nSPS) is 11.9. The van der Waals surface area contributed by atoms with Gasteiger partial charge in [0, 0.05) is 34.5 Å². The highest BCUT2D eigenvalue weighted by Gasteiger charge is 2.34. The van der Waals surface area contributed by atoms with Crippen molar-refractivity contribution >= 4 is 23.3 Å². The average molecular weight is 402 g/mol. The number of ketones is 1. The Kier molecular flexibility index (Phi) is 6.56. The molecule has 2 aromatic carbocycles. The van der Waals surface area contributed by atoms with Crippen molar-refractivity contribution in [1.82, 2.24) is 5.32 Å². The maximum Gasteiger partial charge on any atom is 0.251 e. The quantitative estimate of drug-likeness (QED) is 0.719. The van der Waals surface area contributed by atoms with Crippen LogP contribution in [0.15, 0.2) is 42.5 Å². The van der Waals surface area contributed by atoms with E-state index in [9.17, 15) is 14.7 Å². The third-order valence-corrected chi connectivity index (χ3v) is 5.56. The van der Waals surface area contributed by atoms with Gasteiger partial charge in [0.25, 0.3) is 5.91 Å². The molecule has 0 atom stereocenters. The number of Topliss-reactive ketones (excluding diaryl/α,β-unsaturated/α-hetero) is 1. The van der Waals surface area contributed by atoms with E-state index in [2.05, 4.69) is 26.1 Å². The van der Waals surface area contributed by atoms with Crippen LogP contribution in [0.1, 0.15) is 56.1 Å². The van der Waals surface area contributed by atoms with Crippen LogP contribution in [0.2, 0.25) is 5.02 Å². The number of carbonyl (C=O) groups excluding carboxylic acids is 2. The maximum absolute atomic E-state index is 12.7. The smallest absolute Gasteiger partial charge is 0.251 e. The van der Waals surface area contributed by atoms with E-state index in [4.69, 9.17) is 11.6 Å². The number of hydrogen-bond acceptors (Lipinski definition) is 3. The Labute approximate surface area is 171 Å². The molecule has 0 saturated carbocycles. The first-order chi connectivity index (χ1) is 12.9. The molecule has 0 aliphatic heterocycles. The van der Waals surface area contributed by atoms with E-state index in [0.29, 0.717) is 16.1 Å². The molecular formula is C23H28ClNO3. The van der Waals surface area contributed by atoms with E-state index in [1.165, 1.54) is 6.07 Å². The topological polar surface area (TPSA) is 66.4 Å². The molecule has 150 valence electrons. The van der Waals surface area contributed by atoms with Crippen LogP contribution in [0.25, 0.3) is 0 Å². The Morgan fingerprint density at radius 2 is 1.68 bits per heavy atom. The van der Waals surface area contributed by atoms with Crippen molar-refractivity contribution in [1.29, 1.82) is 0 Å². The van der Waals surface area contributed by atoms with Crippen molar-refractivity contribution in [3.8, 4) is 5.75 Å². The van der Waals surface area contributed by atoms with Crippen LogP contribution in [-0.2, 0) is 17.6 Å². The van der Waals surface area contributed by atoms with Crippen LogP contribution in [0.3, 0.4) is 0 Å². The largest absolute Gasteiger partial charge is 0.508 e. The minimum atomic E-state index is -0.389. The van der Waals surface area contributed by atoms with Crippen LogP contribution in [0.4, 0.5) is 0 Å². The molecule has 0 saturated heterocycles. The summed E-state index contributed by atoms with van der Waals surface area (Å²) in [7, 11) is 0. The summed E-state index contributed by atoms with van der Waals surface area (Å²) in [4.78, 5) is 25.1. The zero-order valence-electron chi connectivity index (χ0n) is 17.1. The Morgan fingerprint density at radius 1 is 1.00 bits per heavy atom. The summed E-state index contributed by atoms with van der Waals surface area (Å²) in [6.45, 7) is 10.2. The molecule has 5 heteroatoms. The summed E-state index contributed by atoms with van der Waals surface area (Å²) in [5, 5.41) is 13.4. The second-order valence-corrected chi connectivity index (χ2v) is 9.13. The number of aromatic hydroxyl groups is 1. The first kappa shape index (κ1) is 22.0. The van der Waals surface area contributed by atoms with E-state index in [1.807, 2.05) is 19.9 Å². The van der Waals surface area contributed by atoms with Crippen LogP contribution in [0, 0.1) is 5.41 Å². The van der Waals surface area contributed by atoms with Crippen LogP contribution in [-0.4, -0.2) is 22.3 Å². The molecule has 1 amide bonds. The van der Waals surface area contributed by atoms with Crippen molar-refractivity contribution in [2.24, 2.45) is 5.41 Å². The van der Waals surface area contributed by atoms with Gasteiger partial charge in [-0.3, -0.25) is 9.59 Å². The molecule has 0 aromatic heterocycles. The minimum absolute atomic E-state index is 0.0512. The van der Waals surface area contributed by atoms with E-state index in [0.717, 1.165) is 5.56 Å². The zero-order chi connectivity index (χ0) is 21.1. The van der Waals surface area contributed by atoms with Gasteiger partial charge in [-0.25, -0.2) is 0 Å². The molecule has 0 heterocycles. The highest BCUT2D eigenvalue weighted by atomic mass is 35.5. The number of carbonyl (C=O) groups is 2. The van der Waals surface area contributed by atoms with Crippen molar-refractivity contribution in [2.75, 3.05) is 0 Å². The van der Waals surface area contributed by atoms with Gasteiger partial charge in [-0.05, 0) is 55.2 Å². The van der Waals surface area contributed by atoms with Gasteiger partial charge in [-0.15, -0.1) is 0 Å². The summed E-state index contributed by atoms with van der Waals surface area (Å²) in [5.41, 5.74) is 1.29. The molecule has 0 aliphatic carbocycles. The predicted molar refractivity (Wildman–Crippen MR) is 113 cm³/mol. The average Bonchev–Trinajstić information content (AvgIpc) is 2.57. The Balaban J connectivity index is 2.09. The summed E-state index contributed by atoms with van der Waals surface area (Å²) < 4.78 is 0. The molecule has 0 bridgehead atoms. The van der Waals surface area contributed by atoms with Crippen molar-refractivity contribution in [3.05, 3.63) is 64.2 Å². The second-order valence-electron chi connectivity index (χ2n) is 8.69. The summed E-state index contributed by atoms with van der Waals surface area (Å²) in [6, 6.07) is 11.7. The fourth-order valence-electron chi connectivity index (χ4n) is 2.56. The summed E-state index contributed by atoms with van der Waals surface area (Å²) in [6.07, 6.45) is 0.260. The molecule has 28 heavy (non-hydrogen) atoms. The lowest BCUT2D eigenvalue weighted by atomic mass is 9.76. The molecule has 2 aromatic rings. The van der Waals surface area contributed by atoms with Gasteiger partial charge in [-0.2, -0.15) is 0 Å². The molecule has 0 fully saturated rings. The molecule has 0 aliphatic rings. The third-order valence-electron chi connectivity index (χ3n) is 5.32. The van der Waals surface area contributed by atoms with E-state index in [1.54, 1.807) is 30.3 Å². The molecular weight excluding hydrogens is 374 g/mol. The molecule has 4 nitrogen and oxygen atoms in total. The molecule has 0 unspecified atom stereocenters. The van der Waals surface area contributed by atoms with Gasteiger partial charge in [0.15, 0.2) is 0 Å². The van der Waals surface area contributed by atoms with Gasteiger partial charge < -0.3 is 10.4 Å². The standard InChI is InChI=1S/C23H28ClNO3/c1-22(2,3)23(4,5)25-21(28)16-8-6-7-15(11-16)12-19(26)14-17-13-18(24)9-10-20(17)27/h6-11,13,27H,12,14H2,1-5H3,(H,25,28). The van der Waals surface area contributed by atoms with E-state index >= 15 is 0 Å². The number of nitrogens with one attached hydrogen (secondary N) is 1. The first-order valence-corrected chi connectivity index (χ1v) is 9.67. The highest BCUT2D eigenvalue weighted by Crippen LogP contribution is 2.29. The number of benzene rings is 2. The lowest BCUT2D eigenvalue weighted by Gasteiger charge is -2.39. The number of phenolic OH excluding ortho intramolecular Hbond substituents is 1. The Bertz CT molecular complexity index is 882. The molecule has 2 rings (SSSR count). The van der Waals surface area contributed by atoms with Crippen LogP contribution in [0.5, 0.6) is 5.75 Å². The monoisotopic (exact) mass is 401 g/mol. The highest BCUT2D eigenvalue weighted by molar-refractivity contribution is 6.30. The fourth-order valence-corrected chi connectivity index (χ4v) is 2.76. The Morgan fingerprint density at radius 3 is 2.32 bits per heavy atom. The number of amides is 1. The Hall–Kier alpha value is -2.33. The van der Waals surface area contributed by atoms with E-state index < -0.39 is 0 Å². The third kappa shape index (κ3) is 5.59. The first-order valence-electron chi connectivity index (χ1n) is 9.29. The van der Waals surface area contributed by atoms with Crippen LogP contribution < -0.4 is 5.32 Å². The van der Waals surface area contributed by atoms with Crippen LogP contribution >= 0.6 is 11.6 Å². The number of rotatable bonds is 6. The molecule has 0 spiro atoms. The fraction of sp³-hybridized carbons (Fsp3) is 0.391. The predicted octanol–water partition coefficient (Wildman–Crippen LogP) is 4.95. The molecule has 2 N–H and O–H groups in total. The number of halogens is 1. The molecule has 0 radical (unpaired) electrons. The second kappa shape index (κ2) is 8.36. The summed E-state index contributed by atoms with van der Waals surface area (Å²) >= 11 is 5.93. The van der Waals surface area contributed by atoms with Gasteiger partial charge >= 0.3 is 0 Å². The van der Waals surface area contributed by atoms with Gasteiger partial charge in [0.05, 0.1) is 0 Å². The number of hydrogen-bond donors (Lipinski definition) is 2.